The summed E-state index contributed by atoms with van der Waals surface area (Å²) in [5, 5.41) is 3.98. The average Bonchev–Trinajstić information content (AvgIpc) is 3.07. The molecule has 6 heteroatoms. The third-order valence-electron chi connectivity index (χ3n) is 4.09. The van der Waals surface area contributed by atoms with Gasteiger partial charge in [0.15, 0.2) is 5.76 Å². The van der Waals surface area contributed by atoms with Crippen LogP contribution in [-0.2, 0) is 0 Å². The highest BCUT2D eigenvalue weighted by molar-refractivity contribution is 6.30. The molecule has 2 heterocycles. The Kier molecular flexibility index (Phi) is 4.44. The summed E-state index contributed by atoms with van der Waals surface area (Å²) in [5.41, 5.74) is 1.70. The van der Waals surface area contributed by atoms with Gasteiger partial charge in [-0.2, -0.15) is 0 Å². The standard InChI is InChI=1S/C21H13ClN2O3/c22-15-7-5-13(6-8-15)19(25)20-18(16-3-1-2-4-17(16)27-20)24-21(26)14-9-11-23-12-10-14/h1-12H,(H,24,26). The molecule has 0 saturated carbocycles. The zero-order valence-corrected chi connectivity index (χ0v) is 14.7. The quantitative estimate of drug-likeness (QED) is 0.511. The molecule has 4 aromatic rings. The molecule has 0 saturated heterocycles. The summed E-state index contributed by atoms with van der Waals surface area (Å²) < 4.78 is 5.77. The van der Waals surface area contributed by atoms with E-state index >= 15 is 0 Å². The summed E-state index contributed by atoms with van der Waals surface area (Å²) in [6.45, 7) is 0. The topological polar surface area (TPSA) is 72.2 Å². The molecular formula is C21H13ClN2O3. The largest absolute Gasteiger partial charge is 0.450 e. The molecule has 0 atom stereocenters. The van der Waals surface area contributed by atoms with E-state index < -0.39 is 0 Å². The van der Waals surface area contributed by atoms with Gasteiger partial charge in [0.25, 0.3) is 5.91 Å². The number of nitrogens with one attached hydrogen (secondary N) is 1. The number of halogens is 1. The van der Waals surface area contributed by atoms with Crippen LogP contribution in [-0.4, -0.2) is 16.7 Å². The molecule has 27 heavy (non-hydrogen) atoms. The van der Waals surface area contributed by atoms with Crippen LogP contribution in [0.4, 0.5) is 5.69 Å². The number of fused-ring (bicyclic) bond motifs is 1. The van der Waals surface area contributed by atoms with Gasteiger partial charge in [-0.3, -0.25) is 14.6 Å². The monoisotopic (exact) mass is 376 g/mol. The zero-order chi connectivity index (χ0) is 18.8. The van der Waals surface area contributed by atoms with E-state index in [4.69, 9.17) is 16.0 Å². The fourth-order valence-electron chi connectivity index (χ4n) is 2.75. The highest BCUT2D eigenvalue weighted by Crippen LogP contribution is 2.33. The maximum atomic E-state index is 13.0. The van der Waals surface area contributed by atoms with Crippen molar-refractivity contribution in [1.82, 2.24) is 4.98 Å². The zero-order valence-electron chi connectivity index (χ0n) is 14.0. The van der Waals surface area contributed by atoms with Gasteiger partial charge in [-0.05, 0) is 48.5 Å². The number of hydrogen-bond donors (Lipinski definition) is 1. The number of ketones is 1. The molecule has 132 valence electrons. The van der Waals surface area contributed by atoms with E-state index in [2.05, 4.69) is 10.3 Å². The van der Waals surface area contributed by atoms with Crippen LogP contribution in [0.2, 0.25) is 5.02 Å². The number of carbonyl (C=O) groups is 2. The smallest absolute Gasteiger partial charge is 0.255 e. The Balaban J connectivity index is 1.79. The number of amides is 1. The van der Waals surface area contributed by atoms with Crippen molar-refractivity contribution in [3.05, 3.63) is 95.0 Å². The maximum Gasteiger partial charge on any atom is 0.255 e. The molecule has 5 nitrogen and oxygen atoms in total. The van der Waals surface area contributed by atoms with E-state index in [1.54, 1.807) is 54.6 Å². The Morgan fingerprint density at radius 2 is 1.59 bits per heavy atom. The molecule has 0 bridgehead atoms. The van der Waals surface area contributed by atoms with E-state index in [1.165, 1.54) is 12.4 Å². The molecule has 2 aromatic carbocycles. The Labute approximate surface area is 159 Å². The Morgan fingerprint density at radius 1 is 0.889 bits per heavy atom. The van der Waals surface area contributed by atoms with Crippen LogP contribution in [0.5, 0.6) is 0 Å². The molecule has 0 fully saturated rings. The van der Waals surface area contributed by atoms with Gasteiger partial charge in [-0.1, -0.05) is 23.7 Å². The third-order valence-corrected chi connectivity index (χ3v) is 4.34. The predicted molar refractivity (Wildman–Crippen MR) is 103 cm³/mol. The first kappa shape index (κ1) is 17.0. The number of pyridine rings is 1. The van der Waals surface area contributed by atoms with Crippen LogP contribution in [0.3, 0.4) is 0 Å². The van der Waals surface area contributed by atoms with Crippen molar-refractivity contribution in [3.63, 3.8) is 0 Å². The summed E-state index contributed by atoms with van der Waals surface area (Å²) in [4.78, 5) is 29.5. The van der Waals surface area contributed by atoms with Crippen LogP contribution in [0.25, 0.3) is 11.0 Å². The van der Waals surface area contributed by atoms with Crippen molar-refractivity contribution in [2.24, 2.45) is 0 Å². The molecular weight excluding hydrogens is 364 g/mol. The van der Waals surface area contributed by atoms with Gasteiger partial charge in [0.1, 0.15) is 5.58 Å². The van der Waals surface area contributed by atoms with Gasteiger partial charge in [0.05, 0.1) is 5.69 Å². The van der Waals surface area contributed by atoms with E-state index in [9.17, 15) is 9.59 Å². The number of hydrogen-bond acceptors (Lipinski definition) is 4. The van der Waals surface area contributed by atoms with Crippen LogP contribution in [0.1, 0.15) is 26.5 Å². The minimum absolute atomic E-state index is 0.0703. The van der Waals surface area contributed by atoms with Crippen LogP contribution < -0.4 is 5.32 Å². The molecule has 0 radical (unpaired) electrons. The predicted octanol–water partition coefficient (Wildman–Crippen LogP) is 4.96. The first-order valence-corrected chi connectivity index (χ1v) is 8.54. The Morgan fingerprint density at radius 3 is 2.33 bits per heavy atom. The fraction of sp³-hybridized carbons (Fsp3) is 0. The van der Waals surface area contributed by atoms with Crippen molar-refractivity contribution < 1.29 is 14.0 Å². The van der Waals surface area contributed by atoms with Gasteiger partial charge in [0, 0.05) is 33.9 Å². The number of nitrogens with zero attached hydrogens (tertiary/aromatic N) is 1. The number of benzene rings is 2. The number of aromatic nitrogens is 1. The van der Waals surface area contributed by atoms with Crippen LogP contribution in [0.15, 0.2) is 77.5 Å². The van der Waals surface area contributed by atoms with Crippen molar-refractivity contribution in [2.75, 3.05) is 5.32 Å². The summed E-state index contributed by atoms with van der Waals surface area (Å²) in [7, 11) is 0. The van der Waals surface area contributed by atoms with Gasteiger partial charge < -0.3 is 9.73 Å². The molecule has 0 unspecified atom stereocenters. The lowest BCUT2D eigenvalue weighted by molar-refractivity contribution is 0.101. The first-order chi connectivity index (χ1) is 13.1. The van der Waals surface area contributed by atoms with Crippen LogP contribution >= 0.6 is 11.6 Å². The third kappa shape index (κ3) is 3.32. The minimum atomic E-state index is -0.353. The van der Waals surface area contributed by atoms with Crippen molar-refractivity contribution in [3.8, 4) is 0 Å². The molecule has 0 aliphatic carbocycles. The summed E-state index contributed by atoms with van der Waals surface area (Å²) >= 11 is 5.90. The summed E-state index contributed by atoms with van der Waals surface area (Å²) in [6, 6.07) is 16.8. The number of rotatable bonds is 4. The molecule has 0 aliphatic rings. The van der Waals surface area contributed by atoms with Crippen molar-refractivity contribution >= 4 is 39.9 Å². The molecule has 1 N–H and O–H groups in total. The Hall–Kier alpha value is -3.44. The van der Waals surface area contributed by atoms with Gasteiger partial charge >= 0.3 is 0 Å². The van der Waals surface area contributed by atoms with E-state index in [1.807, 2.05) is 6.07 Å². The molecule has 2 aromatic heterocycles. The highest BCUT2D eigenvalue weighted by atomic mass is 35.5. The Bertz CT molecular complexity index is 1140. The van der Waals surface area contributed by atoms with Crippen LogP contribution in [0, 0.1) is 0 Å². The average molecular weight is 377 g/mol. The summed E-state index contributed by atoms with van der Waals surface area (Å²) in [6.07, 6.45) is 3.06. The number of anilines is 1. The van der Waals surface area contributed by atoms with Crippen molar-refractivity contribution in [1.29, 1.82) is 0 Å². The van der Waals surface area contributed by atoms with Crippen molar-refractivity contribution in [2.45, 2.75) is 0 Å². The maximum absolute atomic E-state index is 13.0. The molecule has 0 spiro atoms. The van der Waals surface area contributed by atoms with E-state index in [0.717, 1.165) is 0 Å². The van der Waals surface area contributed by atoms with Gasteiger partial charge in [-0.15, -0.1) is 0 Å². The molecule has 0 aliphatic heterocycles. The second-order valence-corrected chi connectivity index (χ2v) is 6.26. The second kappa shape index (κ2) is 7.05. The normalized spacial score (nSPS) is 10.7. The van der Waals surface area contributed by atoms with Gasteiger partial charge in [0.2, 0.25) is 5.78 Å². The molecule has 1 amide bonds. The summed E-state index contributed by atoms with van der Waals surface area (Å²) in [5.74, 6) is -0.622. The fourth-order valence-corrected chi connectivity index (χ4v) is 2.88. The van der Waals surface area contributed by atoms with E-state index in [0.29, 0.717) is 32.8 Å². The SMILES string of the molecule is O=C(Nc1c(C(=O)c2ccc(Cl)cc2)oc2ccccc12)c1ccncc1. The number of furan rings is 1. The lowest BCUT2D eigenvalue weighted by atomic mass is 10.1. The van der Waals surface area contributed by atoms with Gasteiger partial charge in [-0.25, -0.2) is 0 Å². The second-order valence-electron chi connectivity index (χ2n) is 5.83. The first-order valence-electron chi connectivity index (χ1n) is 8.16. The lowest BCUT2D eigenvalue weighted by Gasteiger charge is -2.06. The number of carbonyl (C=O) groups excluding carboxylic acids is 2. The molecule has 4 rings (SSSR count). The lowest BCUT2D eigenvalue weighted by Crippen LogP contribution is -2.14. The number of para-hydroxylation sites is 1. The highest BCUT2D eigenvalue weighted by Gasteiger charge is 2.23. The minimum Gasteiger partial charge on any atom is -0.450 e. The van der Waals surface area contributed by atoms with E-state index in [-0.39, 0.29) is 17.5 Å².